The number of hydrogen-bond donors (Lipinski definition) is 1. The second-order valence-electron chi connectivity index (χ2n) is 3.71. The Kier molecular flexibility index (Phi) is 3.59. The van der Waals surface area contributed by atoms with Crippen molar-refractivity contribution in [3.63, 3.8) is 0 Å². The number of rotatable bonds is 4. The molecule has 6 nitrogen and oxygen atoms in total. The summed E-state index contributed by atoms with van der Waals surface area (Å²) < 4.78 is 1.26. The molecular weight excluding hydrogens is 258 g/mol. The molecule has 1 aromatic heterocycles. The van der Waals surface area contributed by atoms with E-state index in [0.717, 1.165) is 0 Å². The number of nitro groups is 1. The maximum Gasteiger partial charge on any atom is 0.408 e. The van der Waals surface area contributed by atoms with E-state index in [4.69, 9.17) is 11.6 Å². The van der Waals surface area contributed by atoms with Crippen molar-refractivity contribution in [2.75, 3.05) is 0 Å². The van der Waals surface area contributed by atoms with Crippen molar-refractivity contribution >= 4 is 17.4 Å². The molecule has 1 heterocycles. The molecule has 0 aliphatic carbocycles. The van der Waals surface area contributed by atoms with E-state index in [1.807, 2.05) is 6.07 Å². The highest BCUT2D eigenvalue weighted by Gasteiger charge is 2.20. The van der Waals surface area contributed by atoms with E-state index in [-0.39, 0.29) is 11.6 Å². The van der Waals surface area contributed by atoms with Gasteiger partial charge in [0.1, 0.15) is 6.10 Å². The summed E-state index contributed by atoms with van der Waals surface area (Å²) in [6, 6.07) is 8.98. The summed E-state index contributed by atoms with van der Waals surface area (Å²) in [5, 5.41) is 24.2. The third-order valence-electron chi connectivity index (χ3n) is 2.42. The number of aromatic nitrogens is 2. The first kappa shape index (κ1) is 12.5. The summed E-state index contributed by atoms with van der Waals surface area (Å²) >= 11 is 5.66. The molecule has 0 saturated heterocycles. The third kappa shape index (κ3) is 2.66. The first-order valence-corrected chi connectivity index (χ1v) is 5.56. The number of hydrogen-bond acceptors (Lipinski definition) is 4. The lowest BCUT2D eigenvalue weighted by atomic mass is 10.1. The lowest BCUT2D eigenvalue weighted by Crippen LogP contribution is -2.09. The molecule has 1 atom stereocenters. The molecular formula is C11H10ClN3O3. The summed E-state index contributed by atoms with van der Waals surface area (Å²) in [6.07, 6.45) is 0.535. The Morgan fingerprint density at radius 1 is 1.44 bits per heavy atom. The summed E-state index contributed by atoms with van der Waals surface area (Å²) in [5.41, 5.74) is 0.715. The summed E-state index contributed by atoms with van der Waals surface area (Å²) in [6.45, 7) is 0.109. The van der Waals surface area contributed by atoms with Gasteiger partial charge in [-0.2, -0.15) is 4.68 Å². The predicted octanol–water partition coefficient (Wildman–Crippen LogP) is 2.18. The molecule has 0 saturated carbocycles. The molecule has 2 rings (SSSR count). The maximum absolute atomic E-state index is 10.6. The highest BCUT2D eigenvalue weighted by atomic mass is 35.5. The maximum atomic E-state index is 10.6. The molecule has 0 fully saturated rings. The number of benzene rings is 1. The van der Waals surface area contributed by atoms with E-state index in [1.165, 1.54) is 10.9 Å². The van der Waals surface area contributed by atoms with Crippen LogP contribution in [0, 0.1) is 10.1 Å². The van der Waals surface area contributed by atoms with E-state index in [1.54, 1.807) is 24.3 Å². The van der Waals surface area contributed by atoms with Gasteiger partial charge in [-0.15, -0.1) is 0 Å². The largest absolute Gasteiger partial charge is 0.408 e. The molecule has 7 heteroatoms. The Labute approximate surface area is 108 Å². The monoisotopic (exact) mass is 267 g/mol. The average molecular weight is 268 g/mol. The standard InChI is InChI=1S/C11H10ClN3O3/c12-9-6-14(13-11(9)15(17)18)7-10(16)8-4-2-1-3-5-8/h1-6,10,16H,7H2. The van der Waals surface area contributed by atoms with Crippen LogP contribution >= 0.6 is 11.6 Å². The summed E-state index contributed by atoms with van der Waals surface area (Å²) in [4.78, 5) is 9.91. The second kappa shape index (κ2) is 5.16. The minimum Gasteiger partial charge on any atom is -0.386 e. The van der Waals surface area contributed by atoms with Gasteiger partial charge >= 0.3 is 5.82 Å². The van der Waals surface area contributed by atoms with Gasteiger partial charge in [-0.25, -0.2) is 0 Å². The number of aliphatic hydroxyl groups excluding tert-OH is 1. The first-order valence-electron chi connectivity index (χ1n) is 5.18. The minimum absolute atomic E-state index is 0.0414. The Hall–Kier alpha value is -1.92. The number of nitrogens with zero attached hydrogens (tertiary/aromatic N) is 3. The molecule has 0 radical (unpaired) electrons. The Bertz CT molecular complexity index is 556. The van der Waals surface area contributed by atoms with E-state index >= 15 is 0 Å². The topological polar surface area (TPSA) is 81.2 Å². The van der Waals surface area contributed by atoms with Crippen LogP contribution in [0.1, 0.15) is 11.7 Å². The number of aliphatic hydroxyl groups is 1. The molecule has 2 aromatic rings. The second-order valence-corrected chi connectivity index (χ2v) is 4.11. The molecule has 0 aliphatic heterocycles. The lowest BCUT2D eigenvalue weighted by molar-refractivity contribution is -0.389. The molecule has 0 spiro atoms. The van der Waals surface area contributed by atoms with Crippen molar-refractivity contribution in [2.45, 2.75) is 12.6 Å². The molecule has 0 aliphatic rings. The van der Waals surface area contributed by atoms with Crippen LogP contribution in [0.5, 0.6) is 0 Å². The van der Waals surface area contributed by atoms with E-state index < -0.39 is 16.8 Å². The van der Waals surface area contributed by atoms with E-state index in [0.29, 0.717) is 5.56 Å². The van der Waals surface area contributed by atoms with Gasteiger partial charge in [0, 0.05) is 0 Å². The molecule has 94 valence electrons. The van der Waals surface area contributed by atoms with Crippen LogP contribution in [0.2, 0.25) is 5.02 Å². The van der Waals surface area contributed by atoms with Gasteiger partial charge in [0.2, 0.25) is 0 Å². The lowest BCUT2D eigenvalue weighted by Gasteiger charge is -2.08. The quantitative estimate of drug-likeness (QED) is 0.680. The normalized spacial score (nSPS) is 12.3. The van der Waals surface area contributed by atoms with Crippen LogP contribution in [-0.4, -0.2) is 19.8 Å². The van der Waals surface area contributed by atoms with Gasteiger partial charge in [-0.1, -0.05) is 41.9 Å². The molecule has 0 amide bonds. The smallest absolute Gasteiger partial charge is 0.386 e. The van der Waals surface area contributed by atoms with Gasteiger partial charge in [0.05, 0.1) is 17.8 Å². The fourth-order valence-electron chi connectivity index (χ4n) is 1.56. The van der Waals surface area contributed by atoms with Crippen molar-refractivity contribution < 1.29 is 10.0 Å². The van der Waals surface area contributed by atoms with Crippen LogP contribution in [0.3, 0.4) is 0 Å². The zero-order valence-corrected chi connectivity index (χ0v) is 9.99. The van der Waals surface area contributed by atoms with Gasteiger partial charge in [0.15, 0.2) is 5.02 Å². The third-order valence-corrected chi connectivity index (χ3v) is 2.68. The van der Waals surface area contributed by atoms with Crippen LogP contribution < -0.4 is 0 Å². The Morgan fingerprint density at radius 3 is 2.67 bits per heavy atom. The highest BCUT2D eigenvalue weighted by molar-refractivity contribution is 6.32. The van der Waals surface area contributed by atoms with Crippen molar-refractivity contribution in [2.24, 2.45) is 0 Å². The fraction of sp³-hybridized carbons (Fsp3) is 0.182. The average Bonchev–Trinajstić information content (AvgIpc) is 2.71. The molecule has 1 unspecified atom stereocenters. The van der Waals surface area contributed by atoms with Crippen molar-refractivity contribution in [1.29, 1.82) is 0 Å². The SMILES string of the molecule is O=[N+]([O-])c1nn(CC(O)c2ccccc2)cc1Cl. The van der Waals surface area contributed by atoms with Gasteiger partial charge < -0.3 is 15.2 Å². The summed E-state index contributed by atoms with van der Waals surface area (Å²) in [5.74, 6) is -0.406. The van der Waals surface area contributed by atoms with E-state index in [2.05, 4.69) is 5.10 Å². The van der Waals surface area contributed by atoms with Crippen molar-refractivity contribution in [1.82, 2.24) is 9.78 Å². The van der Waals surface area contributed by atoms with Crippen LogP contribution in [0.4, 0.5) is 5.82 Å². The number of halogens is 1. The molecule has 0 bridgehead atoms. The Balaban J connectivity index is 2.15. The van der Waals surface area contributed by atoms with Crippen molar-refractivity contribution in [3.8, 4) is 0 Å². The molecule has 18 heavy (non-hydrogen) atoms. The van der Waals surface area contributed by atoms with Gasteiger partial charge in [0.25, 0.3) is 0 Å². The van der Waals surface area contributed by atoms with Crippen LogP contribution in [0.25, 0.3) is 0 Å². The molecule has 1 aromatic carbocycles. The highest BCUT2D eigenvalue weighted by Crippen LogP contribution is 2.23. The van der Waals surface area contributed by atoms with Gasteiger partial charge in [-0.3, -0.25) is 0 Å². The van der Waals surface area contributed by atoms with E-state index in [9.17, 15) is 15.2 Å². The van der Waals surface area contributed by atoms with Crippen molar-refractivity contribution in [3.05, 3.63) is 57.2 Å². The Morgan fingerprint density at radius 2 is 2.11 bits per heavy atom. The molecule has 1 N–H and O–H groups in total. The van der Waals surface area contributed by atoms with Gasteiger partial charge in [-0.05, 0) is 10.5 Å². The minimum atomic E-state index is -0.790. The summed E-state index contributed by atoms with van der Waals surface area (Å²) in [7, 11) is 0. The zero-order chi connectivity index (χ0) is 13.1. The zero-order valence-electron chi connectivity index (χ0n) is 9.23. The van der Waals surface area contributed by atoms with Crippen LogP contribution in [0.15, 0.2) is 36.5 Å². The fourth-order valence-corrected chi connectivity index (χ4v) is 1.78. The predicted molar refractivity (Wildman–Crippen MR) is 65.3 cm³/mol. The first-order chi connectivity index (χ1) is 8.58. The van der Waals surface area contributed by atoms with Crippen LogP contribution in [-0.2, 0) is 6.54 Å².